The van der Waals surface area contributed by atoms with Gasteiger partial charge in [0.15, 0.2) is 11.6 Å². The topological polar surface area (TPSA) is 117 Å². The molecule has 1 aliphatic carbocycles. The van der Waals surface area contributed by atoms with Crippen LogP contribution in [-0.2, 0) is 6.54 Å². The number of benzene rings is 1. The van der Waals surface area contributed by atoms with Crippen LogP contribution in [-0.4, -0.2) is 56.5 Å². The minimum Gasteiger partial charge on any atom is -0.474 e. The quantitative estimate of drug-likeness (QED) is 0.313. The molecule has 10 heteroatoms. The first-order valence-corrected chi connectivity index (χ1v) is 12.5. The van der Waals surface area contributed by atoms with Gasteiger partial charge in [-0.05, 0) is 32.7 Å². The van der Waals surface area contributed by atoms with Crippen molar-refractivity contribution in [3.63, 3.8) is 0 Å². The summed E-state index contributed by atoms with van der Waals surface area (Å²) in [7, 11) is 2.14. The third kappa shape index (κ3) is 5.49. The zero-order valence-corrected chi connectivity index (χ0v) is 20.3. The highest BCUT2D eigenvalue weighted by atomic mass is 16.5. The molecule has 36 heavy (non-hydrogen) atoms. The Morgan fingerprint density at radius 2 is 1.86 bits per heavy atom. The Kier molecular flexibility index (Phi) is 6.25. The van der Waals surface area contributed by atoms with Crippen LogP contribution >= 0.6 is 0 Å². The Hall–Kier alpha value is -3.92. The number of rotatable bonds is 9. The normalized spacial score (nSPS) is 16.7. The molecule has 0 unspecified atom stereocenters. The van der Waals surface area contributed by atoms with Crippen LogP contribution in [0.3, 0.4) is 0 Å². The van der Waals surface area contributed by atoms with E-state index in [1.807, 2.05) is 48.5 Å². The molecule has 186 valence electrons. The number of nitrogens with one attached hydrogen (secondary N) is 3. The van der Waals surface area contributed by atoms with E-state index in [0.717, 1.165) is 48.7 Å². The summed E-state index contributed by atoms with van der Waals surface area (Å²) in [4.78, 5) is 11.6. The minimum absolute atomic E-state index is 0.131. The maximum atomic E-state index is 6.27. The van der Waals surface area contributed by atoms with Crippen LogP contribution in [0.5, 0.6) is 5.88 Å². The molecule has 1 aromatic carbocycles. The van der Waals surface area contributed by atoms with Crippen molar-refractivity contribution in [1.29, 1.82) is 0 Å². The van der Waals surface area contributed by atoms with E-state index >= 15 is 0 Å². The lowest BCUT2D eigenvalue weighted by Gasteiger charge is -2.29. The van der Waals surface area contributed by atoms with E-state index in [2.05, 4.69) is 47.9 Å². The summed E-state index contributed by atoms with van der Waals surface area (Å²) in [6, 6.07) is 15.7. The Labute approximate surface area is 209 Å². The molecule has 3 N–H and O–H groups in total. The second-order valence-electron chi connectivity index (χ2n) is 9.54. The molecule has 3 aromatic heterocycles. The van der Waals surface area contributed by atoms with Crippen LogP contribution in [0, 0.1) is 0 Å². The highest BCUT2D eigenvalue weighted by Crippen LogP contribution is 2.39. The summed E-state index contributed by atoms with van der Waals surface area (Å²) in [6.45, 7) is 2.42. The number of likely N-dealkylation sites (tertiary alicyclic amines) is 1. The monoisotopic (exact) mass is 486 g/mol. The van der Waals surface area contributed by atoms with E-state index in [0.29, 0.717) is 35.9 Å². The molecule has 4 heterocycles. The maximum absolute atomic E-state index is 6.27. The predicted molar refractivity (Wildman–Crippen MR) is 136 cm³/mol. The first-order valence-electron chi connectivity index (χ1n) is 12.5. The second-order valence-corrected chi connectivity index (χ2v) is 9.54. The fourth-order valence-corrected chi connectivity index (χ4v) is 4.34. The van der Waals surface area contributed by atoms with Gasteiger partial charge in [-0.2, -0.15) is 15.1 Å². The molecule has 1 aliphatic heterocycles. The van der Waals surface area contributed by atoms with Gasteiger partial charge in [0.25, 0.3) is 0 Å². The highest BCUT2D eigenvalue weighted by Gasteiger charge is 2.25. The molecule has 0 radical (unpaired) electrons. The van der Waals surface area contributed by atoms with Crippen LogP contribution in [0.2, 0.25) is 0 Å². The average Bonchev–Trinajstić information content (AvgIpc) is 3.45. The Balaban J connectivity index is 1.18. The van der Waals surface area contributed by atoms with Gasteiger partial charge in [0.05, 0.1) is 6.54 Å². The van der Waals surface area contributed by atoms with Crippen molar-refractivity contribution < 1.29 is 9.26 Å². The molecule has 0 spiro atoms. The summed E-state index contributed by atoms with van der Waals surface area (Å²) < 4.78 is 11.8. The van der Waals surface area contributed by atoms with E-state index in [4.69, 9.17) is 9.26 Å². The van der Waals surface area contributed by atoms with Gasteiger partial charge in [-0.1, -0.05) is 35.5 Å². The first kappa shape index (κ1) is 22.5. The van der Waals surface area contributed by atoms with E-state index in [9.17, 15) is 0 Å². The average molecular weight is 487 g/mol. The summed E-state index contributed by atoms with van der Waals surface area (Å²) in [5.41, 5.74) is 2.96. The predicted octanol–water partition coefficient (Wildman–Crippen LogP) is 4.56. The van der Waals surface area contributed by atoms with Crippen molar-refractivity contribution in [2.75, 3.05) is 30.8 Å². The molecule has 0 bridgehead atoms. The molecule has 2 fully saturated rings. The molecule has 0 atom stereocenters. The van der Waals surface area contributed by atoms with E-state index in [-0.39, 0.29) is 6.10 Å². The lowest BCUT2D eigenvalue weighted by atomic mass is 10.1. The van der Waals surface area contributed by atoms with Crippen LogP contribution < -0.4 is 15.4 Å². The van der Waals surface area contributed by atoms with Crippen molar-refractivity contribution in [2.45, 2.75) is 44.2 Å². The lowest BCUT2D eigenvalue weighted by Crippen LogP contribution is -2.35. The molecular weight excluding hydrogens is 456 g/mol. The van der Waals surface area contributed by atoms with Crippen molar-refractivity contribution in [3.05, 3.63) is 60.0 Å². The van der Waals surface area contributed by atoms with Crippen molar-refractivity contribution in [3.8, 4) is 17.1 Å². The van der Waals surface area contributed by atoms with E-state index in [1.165, 1.54) is 12.8 Å². The molecular formula is C26H30N8O2. The van der Waals surface area contributed by atoms with Gasteiger partial charge in [-0.25, -0.2) is 0 Å². The van der Waals surface area contributed by atoms with Gasteiger partial charge >= 0.3 is 0 Å². The van der Waals surface area contributed by atoms with Crippen molar-refractivity contribution >= 4 is 17.6 Å². The number of aromatic nitrogens is 5. The lowest BCUT2D eigenvalue weighted by molar-refractivity contribution is 0.110. The van der Waals surface area contributed by atoms with Crippen LogP contribution in [0.1, 0.15) is 43.1 Å². The smallest absolute Gasteiger partial charge is 0.228 e. The number of H-pyrrole nitrogens is 1. The standard InChI is InChI=1S/C26H30N8O2/c1-34-11-9-19(10-12-34)35-25-15-23(28-24-14-21(31-32-24)18-7-8-18)29-26(30-25)27-16-20-13-22(33-36-20)17-5-3-2-4-6-17/h2-6,13-15,18-19H,7-12,16H2,1H3,(H3,27,28,29,30,31,32). The number of hydrogen-bond donors (Lipinski definition) is 3. The second kappa shape index (κ2) is 9.98. The minimum atomic E-state index is 0.131. The van der Waals surface area contributed by atoms with Gasteiger partial charge in [-0.15, -0.1) is 0 Å². The molecule has 6 rings (SSSR count). The van der Waals surface area contributed by atoms with Crippen molar-refractivity contribution in [2.24, 2.45) is 0 Å². The zero-order chi connectivity index (χ0) is 24.3. The fourth-order valence-electron chi connectivity index (χ4n) is 4.34. The fraction of sp³-hybridized carbons (Fsp3) is 0.385. The van der Waals surface area contributed by atoms with Crippen LogP contribution in [0.25, 0.3) is 11.3 Å². The first-order chi connectivity index (χ1) is 17.7. The third-order valence-corrected chi connectivity index (χ3v) is 6.58. The number of aromatic amines is 1. The SMILES string of the molecule is CN1CCC(Oc2cc(Nc3cc(C4CC4)[nH]n3)nc(NCc3cc(-c4ccccc4)no3)n2)CC1. The molecule has 1 saturated heterocycles. The Morgan fingerprint density at radius 3 is 2.67 bits per heavy atom. The van der Waals surface area contributed by atoms with E-state index in [1.54, 1.807) is 0 Å². The van der Waals surface area contributed by atoms with Gasteiger partial charge in [-0.3, -0.25) is 5.10 Å². The highest BCUT2D eigenvalue weighted by molar-refractivity contribution is 5.59. The number of anilines is 3. The number of piperidine rings is 1. The van der Waals surface area contributed by atoms with E-state index < -0.39 is 0 Å². The molecule has 10 nitrogen and oxygen atoms in total. The maximum Gasteiger partial charge on any atom is 0.228 e. The van der Waals surface area contributed by atoms with Gasteiger partial charge < -0.3 is 24.8 Å². The van der Waals surface area contributed by atoms with Crippen LogP contribution in [0.4, 0.5) is 17.6 Å². The number of nitrogens with zero attached hydrogens (tertiary/aromatic N) is 5. The number of ether oxygens (including phenoxy) is 1. The number of hydrogen-bond acceptors (Lipinski definition) is 9. The Bertz CT molecular complexity index is 1290. The van der Waals surface area contributed by atoms with Gasteiger partial charge in [0, 0.05) is 48.5 Å². The van der Waals surface area contributed by atoms with Crippen molar-refractivity contribution in [1.82, 2.24) is 30.2 Å². The Morgan fingerprint density at radius 1 is 1.03 bits per heavy atom. The molecule has 4 aromatic rings. The molecule has 1 saturated carbocycles. The summed E-state index contributed by atoms with van der Waals surface area (Å²) in [6.07, 6.45) is 4.50. The third-order valence-electron chi connectivity index (χ3n) is 6.58. The largest absolute Gasteiger partial charge is 0.474 e. The van der Waals surface area contributed by atoms with Gasteiger partial charge in [0.1, 0.15) is 17.6 Å². The van der Waals surface area contributed by atoms with Crippen LogP contribution in [0.15, 0.2) is 53.1 Å². The molecule has 0 amide bonds. The zero-order valence-electron chi connectivity index (χ0n) is 20.3. The van der Waals surface area contributed by atoms with Gasteiger partial charge in [0.2, 0.25) is 11.8 Å². The summed E-state index contributed by atoms with van der Waals surface area (Å²) in [5, 5.41) is 18.3. The summed E-state index contributed by atoms with van der Waals surface area (Å²) >= 11 is 0. The molecule has 2 aliphatic rings. The summed E-state index contributed by atoms with van der Waals surface area (Å²) in [5.74, 6) is 3.61.